The summed E-state index contributed by atoms with van der Waals surface area (Å²) in [4.78, 5) is 11.3. The largest absolute Gasteiger partial charge is 0.493 e. The van der Waals surface area contributed by atoms with Crippen LogP contribution in [0.1, 0.15) is 45.1 Å². The van der Waals surface area contributed by atoms with Gasteiger partial charge in [0.05, 0.1) is 20.3 Å². The molecule has 0 aliphatic carbocycles. The Labute approximate surface area is 133 Å². The summed E-state index contributed by atoms with van der Waals surface area (Å²) in [6.07, 6.45) is 7.78. The van der Waals surface area contributed by atoms with Gasteiger partial charge in [-0.15, -0.1) is 0 Å². The second-order valence-electron chi connectivity index (χ2n) is 4.90. The maximum Gasteiger partial charge on any atom is 0.330 e. The molecule has 0 aliphatic heterocycles. The van der Waals surface area contributed by atoms with Crippen LogP contribution >= 0.6 is 0 Å². The van der Waals surface area contributed by atoms with Crippen molar-refractivity contribution in [1.82, 2.24) is 0 Å². The lowest BCUT2D eigenvalue weighted by Crippen LogP contribution is -2.00. The molecule has 0 radical (unpaired) electrons. The van der Waals surface area contributed by atoms with Gasteiger partial charge in [0.25, 0.3) is 0 Å². The Morgan fingerprint density at radius 3 is 2.64 bits per heavy atom. The molecule has 0 fully saturated rings. The molecule has 0 N–H and O–H groups in total. The van der Waals surface area contributed by atoms with Crippen LogP contribution in [-0.2, 0) is 9.53 Å². The van der Waals surface area contributed by atoms with E-state index in [4.69, 9.17) is 14.2 Å². The van der Waals surface area contributed by atoms with E-state index in [-0.39, 0.29) is 5.97 Å². The van der Waals surface area contributed by atoms with Crippen LogP contribution in [0.25, 0.3) is 6.08 Å². The zero-order valence-electron chi connectivity index (χ0n) is 13.8. The summed E-state index contributed by atoms with van der Waals surface area (Å²) in [5.74, 6) is 1.05. The van der Waals surface area contributed by atoms with Crippen LogP contribution in [0.5, 0.6) is 11.5 Å². The molecule has 0 spiro atoms. The standard InChI is InChI=1S/C18H26O4/c1-4-6-7-8-13-22-16-11-9-15(14-17(16)20-3)10-12-18(19)21-5-2/h9-12,14H,4-8,13H2,1-3H3/b12-10+. The van der Waals surface area contributed by atoms with E-state index in [2.05, 4.69) is 6.92 Å². The Morgan fingerprint density at radius 1 is 1.14 bits per heavy atom. The van der Waals surface area contributed by atoms with Crippen LogP contribution in [0, 0.1) is 0 Å². The van der Waals surface area contributed by atoms with Gasteiger partial charge in [0.1, 0.15) is 0 Å². The summed E-state index contributed by atoms with van der Waals surface area (Å²) < 4.78 is 15.9. The molecule has 0 aliphatic rings. The lowest BCUT2D eigenvalue weighted by molar-refractivity contribution is -0.137. The van der Waals surface area contributed by atoms with Gasteiger partial charge in [0.15, 0.2) is 11.5 Å². The van der Waals surface area contributed by atoms with Crippen molar-refractivity contribution >= 4 is 12.0 Å². The average Bonchev–Trinajstić information content (AvgIpc) is 2.53. The van der Waals surface area contributed by atoms with Gasteiger partial charge < -0.3 is 14.2 Å². The van der Waals surface area contributed by atoms with Gasteiger partial charge in [-0.2, -0.15) is 0 Å². The van der Waals surface area contributed by atoms with Gasteiger partial charge >= 0.3 is 5.97 Å². The highest BCUT2D eigenvalue weighted by molar-refractivity contribution is 5.87. The molecule has 4 heteroatoms. The van der Waals surface area contributed by atoms with Crippen molar-refractivity contribution in [2.75, 3.05) is 20.3 Å². The summed E-state index contributed by atoms with van der Waals surface area (Å²) in [6.45, 7) is 5.03. The molecule has 1 rings (SSSR count). The monoisotopic (exact) mass is 306 g/mol. The van der Waals surface area contributed by atoms with Crippen LogP contribution in [-0.4, -0.2) is 26.3 Å². The molecule has 0 unspecified atom stereocenters. The Kier molecular flexibility index (Phi) is 8.80. The Balaban J connectivity index is 2.60. The van der Waals surface area contributed by atoms with Gasteiger partial charge in [-0.25, -0.2) is 4.79 Å². The highest BCUT2D eigenvalue weighted by Gasteiger charge is 2.05. The maximum absolute atomic E-state index is 11.3. The summed E-state index contributed by atoms with van der Waals surface area (Å²) in [6, 6.07) is 5.60. The number of esters is 1. The minimum absolute atomic E-state index is 0.349. The van der Waals surface area contributed by atoms with E-state index < -0.39 is 0 Å². The molecule has 0 amide bonds. The third-order valence-corrected chi connectivity index (χ3v) is 3.14. The Morgan fingerprint density at radius 2 is 1.95 bits per heavy atom. The molecule has 0 saturated carbocycles. The maximum atomic E-state index is 11.3. The van der Waals surface area contributed by atoms with E-state index >= 15 is 0 Å². The molecular weight excluding hydrogens is 280 g/mol. The van der Waals surface area contributed by atoms with Crippen LogP contribution in [0.15, 0.2) is 24.3 Å². The van der Waals surface area contributed by atoms with Crippen molar-refractivity contribution in [3.05, 3.63) is 29.8 Å². The van der Waals surface area contributed by atoms with Gasteiger partial charge in [0, 0.05) is 6.08 Å². The van der Waals surface area contributed by atoms with Crippen molar-refractivity contribution in [3.8, 4) is 11.5 Å². The van der Waals surface area contributed by atoms with Crippen molar-refractivity contribution in [2.45, 2.75) is 39.5 Å². The molecule has 22 heavy (non-hydrogen) atoms. The number of methoxy groups -OCH3 is 1. The summed E-state index contributed by atoms with van der Waals surface area (Å²) in [5, 5.41) is 0. The number of carbonyl (C=O) groups is 1. The van der Waals surface area contributed by atoms with Gasteiger partial charge in [-0.3, -0.25) is 0 Å². The molecule has 0 atom stereocenters. The first kappa shape index (κ1) is 18.1. The number of carbonyl (C=O) groups excluding carboxylic acids is 1. The number of benzene rings is 1. The highest BCUT2D eigenvalue weighted by atomic mass is 16.5. The predicted molar refractivity (Wildman–Crippen MR) is 88.3 cm³/mol. The molecule has 0 aromatic heterocycles. The number of hydrogen-bond acceptors (Lipinski definition) is 4. The fourth-order valence-corrected chi connectivity index (χ4v) is 1.97. The third-order valence-electron chi connectivity index (χ3n) is 3.14. The second kappa shape index (κ2) is 10.7. The van der Waals surface area contributed by atoms with Crippen molar-refractivity contribution < 1.29 is 19.0 Å². The van der Waals surface area contributed by atoms with E-state index in [0.717, 1.165) is 17.7 Å². The third kappa shape index (κ3) is 6.66. The molecule has 4 nitrogen and oxygen atoms in total. The van der Waals surface area contributed by atoms with Crippen molar-refractivity contribution in [3.63, 3.8) is 0 Å². The minimum Gasteiger partial charge on any atom is -0.493 e. The minimum atomic E-state index is -0.349. The fraction of sp³-hybridized carbons (Fsp3) is 0.500. The van der Waals surface area contributed by atoms with Crippen LogP contribution < -0.4 is 9.47 Å². The van der Waals surface area contributed by atoms with E-state index in [0.29, 0.717) is 19.0 Å². The van der Waals surface area contributed by atoms with Gasteiger partial charge in [-0.1, -0.05) is 32.3 Å². The molecular formula is C18H26O4. The van der Waals surface area contributed by atoms with Crippen LogP contribution in [0.2, 0.25) is 0 Å². The predicted octanol–water partition coefficient (Wildman–Crippen LogP) is 4.23. The number of unbranched alkanes of at least 4 members (excludes halogenated alkanes) is 3. The first-order chi connectivity index (χ1) is 10.7. The number of hydrogen-bond donors (Lipinski definition) is 0. The average molecular weight is 306 g/mol. The molecule has 122 valence electrons. The van der Waals surface area contributed by atoms with Crippen molar-refractivity contribution in [1.29, 1.82) is 0 Å². The quantitative estimate of drug-likeness (QED) is 0.368. The summed E-state index contributed by atoms with van der Waals surface area (Å²) in [7, 11) is 1.61. The van der Waals surface area contributed by atoms with Crippen molar-refractivity contribution in [2.24, 2.45) is 0 Å². The zero-order chi connectivity index (χ0) is 16.2. The second-order valence-corrected chi connectivity index (χ2v) is 4.90. The topological polar surface area (TPSA) is 44.8 Å². The summed E-state index contributed by atoms with van der Waals surface area (Å²) >= 11 is 0. The SMILES string of the molecule is CCCCCCOc1ccc(/C=C/C(=O)OCC)cc1OC. The fourth-order valence-electron chi connectivity index (χ4n) is 1.97. The first-order valence-electron chi connectivity index (χ1n) is 7.87. The van der Waals surface area contributed by atoms with E-state index in [1.165, 1.54) is 25.3 Å². The molecule has 0 heterocycles. The molecule has 1 aromatic rings. The Hall–Kier alpha value is -1.97. The van der Waals surface area contributed by atoms with Gasteiger partial charge in [0.2, 0.25) is 0 Å². The van der Waals surface area contributed by atoms with E-state index in [9.17, 15) is 4.79 Å². The van der Waals surface area contributed by atoms with Crippen LogP contribution in [0.4, 0.5) is 0 Å². The number of ether oxygens (including phenoxy) is 3. The summed E-state index contributed by atoms with van der Waals surface area (Å²) in [5.41, 5.74) is 0.864. The highest BCUT2D eigenvalue weighted by Crippen LogP contribution is 2.28. The van der Waals surface area contributed by atoms with Crippen LogP contribution in [0.3, 0.4) is 0 Å². The normalized spacial score (nSPS) is 10.7. The molecule has 0 saturated heterocycles. The Bertz CT molecular complexity index is 480. The van der Waals surface area contributed by atoms with E-state index in [1.807, 2.05) is 18.2 Å². The molecule has 1 aromatic carbocycles. The van der Waals surface area contributed by atoms with Gasteiger partial charge in [-0.05, 0) is 37.1 Å². The first-order valence-corrected chi connectivity index (χ1v) is 7.87. The lowest BCUT2D eigenvalue weighted by atomic mass is 10.2. The molecule has 0 bridgehead atoms. The lowest BCUT2D eigenvalue weighted by Gasteiger charge is -2.11. The number of rotatable bonds is 10. The van der Waals surface area contributed by atoms with E-state index in [1.54, 1.807) is 20.1 Å². The smallest absolute Gasteiger partial charge is 0.330 e. The zero-order valence-corrected chi connectivity index (χ0v) is 13.8.